The van der Waals surface area contributed by atoms with Gasteiger partial charge in [-0.15, -0.1) is 0 Å². The normalized spacial score (nSPS) is 17.4. The van der Waals surface area contributed by atoms with Crippen molar-refractivity contribution >= 4 is 22.7 Å². The summed E-state index contributed by atoms with van der Waals surface area (Å²) >= 11 is 0. The third-order valence-electron chi connectivity index (χ3n) is 4.92. The lowest BCUT2D eigenvalue weighted by molar-refractivity contribution is -0.127. The summed E-state index contributed by atoms with van der Waals surface area (Å²) in [4.78, 5) is 31.3. The fourth-order valence-electron chi connectivity index (χ4n) is 3.46. The van der Waals surface area contributed by atoms with Gasteiger partial charge in [0.1, 0.15) is 0 Å². The Hall–Kier alpha value is -2.43. The lowest BCUT2D eigenvalue weighted by Crippen LogP contribution is -2.37. The Balaban J connectivity index is 1.88. The molecule has 1 aromatic carbocycles. The standard InChI is InChI=1S/C20H25N3O2/c1-5-8-23-11-15(10-18(23)24)22-20(25)17-9-13(3)21-19-14(4)12(2)6-7-16(17)19/h6-7,9,15H,5,8,10-11H2,1-4H3,(H,22,25)/t15-/m0/s1. The minimum Gasteiger partial charge on any atom is -0.347 e. The van der Waals surface area contributed by atoms with Crippen molar-refractivity contribution in [3.05, 3.63) is 40.6 Å². The number of rotatable bonds is 4. The van der Waals surface area contributed by atoms with Gasteiger partial charge in [0.2, 0.25) is 5.91 Å². The molecule has 5 nitrogen and oxygen atoms in total. The number of nitrogens with one attached hydrogen (secondary N) is 1. The number of hydrogen-bond donors (Lipinski definition) is 1. The van der Waals surface area contributed by atoms with E-state index in [9.17, 15) is 9.59 Å². The third kappa shape index (κ3) is 3.36. The molecule has 0 spiro atoms. The highest BCUT2D eigenvalue weighted by Gasteiger charge is 2.30. The number of benzene rings is 1. The molecular formula is C20H25N3O2. The second-order valence-electron chi connectivity index (χ2n) is 6.93. The van der Waals surface area contributed by atoms with Crippen molar-refractivity contribution in [2.24, 2.45) is 0 Å². The highest BCUT2D eigenvalue weighted by Crippen LogP contribution is 2.24. The molecule has 25 heavy (non-hydrogen) atoms. The SMILES string of the molecule is CCCN1C[C@@H](NC(=O)c2cc(C)nc3c(C)c(C)ccc23)CC1=O. The summed E-state index contributed by atoms with van der Waals surface area (Å²) in [5, 5.41) is 3.90. The molecule has 1 fully saturated rings. The summed E-state index contributed by atoms with van der Waals surface area (Å²) < 4.78 is 0. The average molecular weight is 339 g/mol. The van der Waals surface area contributed by atoms with Gasteiger partial charge in [-0.2, -0.15) is 0 Å². The maximum Gasteiger partial charge on any atom is 0.252 e. The molecule has 5 heteroatoms. The highest BCUT2D eigenvalue weighted by molar-refractivity contribution is 6.07. The molecular weight excluding hydrogens is 314 g/mol. The van der Waals surface area contributed by atoms with Crippen molar-refractivity contribution in [1.29, 1.82) is 0 Å². The summed E-state index contributed by atoms with van der Waals surface area (Å²) in [7, 11) is 0. The van der Waals surface area contributed by atoms with Gasteiger partial charge < -0.3 is 10.2 Å². The first kappa shape index (κ1) is 17.4. The summed E-state index contributed by atoms with van der Waals surface area (Å²) in [6.07, 6.45) is 1.31. The summed E-state index contributed by atoms with van der Waals surface area (Å²) in [6.45, 7) is 9.38. The predicted octanol–water partition coefficient (Wildman–Crippen LogP) is 2.90. The van der Waals surface area contributed by atoms with Gasteiger partial charge in [0, 0.05) is 30.6 Å². The zero-order valence-corrected chi connectivity index (χ0v) is 15.3. The van der Waals surface area contributed by atoms with Crippen LogP contribution in [-0.4, -0.2) is 40.8 Å². The molecule has 1 aliphatic rings. The van der Waals surface area contributed by atoms with E-state index in [4.69, 9.17) is 0 Å². The number of carbonyl (C=O) groups is 2. The molecule has 0 saturated carbocycles. The van der Waals surface area contributed by atoms with Crippen LogP contribution < -0.4 is 5.32 Å². The van der Waals surface area contributed by atoms with E-state index in [0.29, 0.717) is 18.5 Å². The lowest BCUT2D eigenvalue weighted by atomic mass is 10.0. The summed E-state index contributed by atoms with van der Waals surface area (Å²) in [5.41, 5.74) is 4.59. The van der Waals surface area contributed by atoms with Gasteiger partial charge in [0.25, 0.3) is 5.91 Å². The highest BCUT2D eigenvalue weighted by atomic mass is 16.2. The van der Waals surface area contributed by atoms with Crippen LogP contribution in [0.5, 0.6) is 0 Å². The number of amides is 2. The van der Waals surface area contributed by atoms with Gasteiger partial charge >= 0.3 is 0 Å². The van der Waals surface area contributed by atoms with E-state index in [1.165, 1.54) is 0 Å². The van der Waals surface area contributed by atoms with Crippen molar-refractivity contribution in [2.75, 3.05) is 13.1 Å². The maximum atomic E-state index is 12.9. The smallest absolute Gasteiger partial charge is 0.252 e. The largest absolute Gasteiger partial charge is 0.347 e. The molecule has 1 saturated heterocycles. The molecule has 2 heterocycles. The van der Waals surface area contributed by atoms with E-state index in [0.717, 1.165) is 40.7 Å². The van der Waals surface area contributed by atoms with Crippen LogP contribution >= 0.6 is 0 Å². The molecule has 1 atom stereocenters. The molecule has 2 amide bonds. The number of aryl methyl sites for hydroxylation is 3. The van der Waals surface area contributed by atoms with Crippen molar-refractivity contribution in [3.63, 3.8) is 0 Å². The van der Waals surface area contributed by atoms with Crippen LogP contribution in [0, 0.1) is 20.8 Å². The van der Waals surface area contributed by atoms with Crippen molar-refractivity contribution in [2.45, 2.75) is 46.6 Å². The van der Waals surface area contributed by atoms with Gasteiger partial charge in [0.05, 0.1) is 17.1 Å². The molecule has 3 rings (SSSR count). The van der Waals surface area contributed by atoms with Crippen LogP contribution in [0.2, 0.25) is 0 Å². The number of aromatic nitrogens is 1. The Morgan fingerprint density at radius 2 is 2.08 bits per heavy atom. The van der Waals surface area contributed by atoms with Gasteiger partial charge in [-0.1, -0.05) is 19.1 Å². The maximum absolute atomic E-state index is 12.9. The zero-order chi connectivity index (χ0) is 18.1. The Kier molecular flexibility index (Phi) is 4.75. The quantitative estimate of drug-likeness (QED) is 0.932. The van der Waals surface area contributed by atoms with Gasteiger partial charge in [-0.05, 0) is 44.4 Å². The van der Waals surface area contributed by atoms with Crippen LogP contribution in [0.15, 0.2) is 18.2 Å². The number of fused-ring (bicyclic) bond motifs is 1. The van der Waals surface area contributed by atoms with Gasteiger partial charge in [-0.3, -0.25) is 14.6 Å². The summed E-state index contributed by atoms with van der Waals surface area (Å²) in [5.74, 6) is -0.00992. The Bertz CT molecular complexity index is 844. The van der Waals surface area contributed by atoms with E-state index in [1.54, 1.807) is 0 Å². The second kappa shape index (κ2) is 6.82. The number of pyridine rings is 1. The number of nitrogens with zero attached hydrogens (tertiary/aromatic N) is 2. The minimum atomic E-state index is -0.130. The first-order valence-corrected chi connectivity index (χ1v) is 8.87. The van der Waals surface area contributed by atoms with E-state index in [1.807, 2.05) is 43.9 Å². The van der Waals surface area contributed by atoms with Crippen LogP contribution in [-0.2, 0) is 4.79 Å². The van der Waals surface area contributed by atoms with Crippen LogP contribution in [0.1, 0.15) is 46.9 Å². The van der Waals surface area contributed by atoms with Gasteiger partial charge in [0.15, 0.2) is 0 Å². The fourth-order valence-corrected chi connectivity index (χ4v) is 3.46. The molecule has 1 aliphatic heterocycles. The van der Waals surface area contributed by atoms with E-state index >= 15 is 0 Å². The van der Waals surface area contributed by atoms with E-state index in [-0.39, 0.29) is 17.9 Å². The van der Waals surface area contributed by atoms with Gasteiger partial charge in [-0.25, -0.2) is 0 Å². The van der Waals surface area contributed by atoms with Crippen LogP contribution in [0.3, 0.4) is 0 Å². The average Bonchev–Trinajstić information content (AvgIpc) is 2.90. The summed E-state index contributed by atoms with van der Waals surface area (Å²) in [6, 6.07) is 5.68. The Morgan fingerprint density at radius 1 is 1.32 bits per heavy atom. The number of carbonyl (C=O) groups excluding carboxylic acids is 2. The van der Waals surface area contributed by atoms with E-state index in [2.05, 4.69) is 17.2 Å². The first-order valence-electron chi connectivity index (χ1n) is 8.87. The fraction of sp³-hybridized carbons (Fsp3) is 0.450. The Labute approximate surface area is 148 Å². The molecule has 0 unspecified atom stereocenters. The Morgan fingerprint density at radius 3 is 2.80 bits per heavy atom. The van der Waals surface area contributed by atoms with Crippen LogP contribution in [0.25, 0.3) is 10.9 Å². The molecule has 1 N–H and O–H groups in total. The minimum absolute atomic E-state index is 0.120. The molecule has 0 bridgehead atoms. The number of likely N-dealkylation sites (tertiary alicyclic amines) is 1. The van der Waals surface area contributed by atoms with Crippen LogP contribution in [0.4, 0.5) is 0 Å². The first-order chi connectivity index (χ1) is 11.9. The zero-order valence-electron chi connectivity index (χ0n) is 15.3. The molecule has 1 aromatic heterocycles. The molecule has 132 valence electrons. The van der Waals surface area contributed by atoms with Crippen molar-refractivity contribution in [1.82, 2.24) is 15.2 Å². The third-order valence-corrected chi connectivity index (χ3v) is 4.92. The van der Waals surface area contributed by atoms with Crippen molar-refractivity contribution in [3.8, 4) is 0 Å². The molecule has 2 aromatic rings. The monoisotopic (exact) mass is 339 g/mol. The topological polar surface area (TPSA) is 62.3 Å². The second-order valence-corrected chi connectivity index (χ2v) is 6.93. The van der Waals surface area contributed by atoms with E-state index < -0.39 is 0 Å². The number of hydrogen-bond acceptors (Lipinski definition) is 3. The lowest BCUT2D eigenvalue weighted by Gasteiger charge is -2.17. The molecule has 0 aliphatic carbocycles. The van der Waals surface area contributed by atoms with Crippen molar-refractivity contribution < 1.29 is 9.59 Å². The molecule has 0 radical (unpaired) electrons. The predicted molar refractivity (Wildman–Crippen MR) is 98.7 cm³/mol.